The van der Waals surface area contributed by atoms with E-state index in [1.54, 1.807) is 17.0 Å². The van der Waals surface area contributed by atoms with Gasteiger partial charge in [0.1, 0.15) is 17.1 Å². The van der Waals surface area contributed by atoms with Crippen LogP contribution in [0.25, 0.3) is 11.3 Å². The quantitative estimate of drug-likeness (QED) is 0.720. The van der Waals surface area contributed by atoms with Gasteiger partial charge in [-0.15, -0.1) is 0 Å². The highest BCUT2D eigenvalue weighted by Crippen LogP contribution is 2.32. The minimum Gasteiger partial charge on any atom is -0.464 e. The average molecular weight is 376 g/mol. The SMILES string of the molecule is Cc1ccc([C@@H]2CCCCCN2C(=O)c2ccc(-c3ccccc3)[nH]c2=O)o1. The van der Waals surface area contributed by atoms with Crippen molar-refractivity contribution in [2.75, 3.05) is 6.54 Å². The van der Waals surface area contributed by atoms with Crippen molar-refractivity contribution in [3.63, 3.8) is 0 Å². The number of aromatic nitrogens is 1. The number of furan rings is 1. The number of H-pyrrole nitrogens is 1. The summed E-state index contributed by atoms with van der Waals surface area (Å²) in [7, 11) is 0. The molecule has 0 unspecified atom stereocenters. The summed E-state index contributed by atoms with van der Waals surface area (Å²) < 4.78 is 5.82. The van der Waals surface area contributed by atoms with E-state index in [0.29, 0.717) is 12.2 Å². The highest BCUT2D eigenvalue weighted by Gasteiger charge is 2.30. The van der Waals surface area contributed by atoms with Crippen molar-refractivity contribution in [2.24, 2.45) is 0 Å². The number of carbonyl (C=O) groups excluding carboxylic acids is 1. The lowest BCUT2D eigenvalue weighted by atomic mass is 10.1. The summed E-state index contributed by atoms with van der Waals surface area (Å²) in [5.41, 5.74) is 1.44. The lowest BCUT2D eigenvalue weighted by Gasteiger charge is -2.28. The third-order valence-corrected chi connectivity index (χ3v) is 5.33. The van der Waals surface area contributed by atoms with Crippen LogP contribution in [0, 0.1) is 6.92 Å². The van der Waals surface area contributed by atoms with E-state index in [-0.39, 0.29) is 23.1 Å². The fourth-order valence-corrected chi connectivity index (χ4v) is 3.86. The van der Waals surface area contributed by atoms with Crippen LogP contribution < -0.4 is 5.56 Å². The minimum atomic E-state index is -0.357. The first-order valence-electron chi connectivity index (χ1n) is 9.79. The molecule has 1 saturated heterocycles. The standard InChI is InChI=1S/C23H24N2O3/c1-16-11-14-21(28-16)20-10-6-3-7-15-25(20)23(27)18-12-13-19(24-22(18)26)17-8-4-2-5-9-17/h2,4-5,8-9,11-14,20H,3,6-7,10,15H2,1H3,(H,24,26)/t20-/m0/s1. The molecule has 3 heterocycles. The molecule has 5 nitrogen and oxygen atoms in total. The van der Waals surface area contributed by atoms with Crippen LogP contribution in [0.2, 0.25) is 0 Å². The van der Waals surface area contributed by atoms with E-state index in [4.69, 9.17) is 4.42 Å². The molecule has 28 heavy (non-hydrogen) atoms. The lowest BCUT2D eigenvalue weighted by Crippen LogP contribution is -2.37. The lowest BCUT2D eigenvalue weighted by molar-refractivity contribution is 0.0655. The van der Waals surface area contributed by atoms with E-state index < -0.39 is 0 Å². The molecule has 1 atom stereocenters. The van der Waals surface area contributed by atoms with Crippen LogP contribution in [0.15, 0.2) is 63.8 Å². The Balaban J connectivity index is 1.66. The Bertz CT molecular complexity index is 1020. The number of rotatable bonds is 3. The van der Waals surface area contributed by atoms with Crippen molar-refractivity contribution in [1.82, 2.24) is 9.88 Å². The molecule has 5 heteroatoms. The molecule has 1 fully saturated rings. The third-order valence-electron chi connectivity index (χ3n) is 5.33. The number of aromatic amines is 1. The molecule has 2 aromatic heterocycles. The number of pyridine rings is 1. The molecule has 1 N–H and O–H groups in total. The van der Waals surface area contributed by atoms with E-state index in [1.807, 2.05) is 49.4 Å². The predicted molar refractivity (Wildman–Crippen MR) is 108 cm³/mol. The van der Waals surface area contributed by atoms with Crippen molar-refractivity contribution in [2.45, 2.75) is 38.6 Å². The molecule has 1 aromatic carbocycles. The first-order valence-corrected chi connectivity index (χ1v) is 9.79. The first kappa shape index (κ1) is 18.3. The van der Waals surface area contributed by atoms with Gasteiger partial charge in [-0.2, -0.15) is 0 Å². The summed E-state index contributed by atoms with van der Waals surface area (Å²) in [5, 5.41) is 0. The highest BCUT2D eigenvalue weighted by atomic mass is 16.3. The van der Waals surface area contributed by atoms with E-state index >= 15 is 0 Å². The van der Waals surface area contributed by atoms with Gasteiger partial charge < -0.3 is 14.3 Å². The Hall–Kier alpha value is -3.08. The normalized spacial score (nSPS) is 17.3. The van der Waals surface area contributed by atoms with Crippen LogP contribution in [0.1, 0.15) is 53.6 Å². The Kier molecular flexibility index (Phi) is 5.15. The molecule has 1 amide bonds. The van der Waals surface area contributed by atoms with Crippen molar-refractivity contribution in [1.29, 1.82) is 0 Å². The van der Waals surface area contributed by atoms with E-state index in [0.717, 1.165) is 42.8 Å². The second-order valence-electron chi connectivity index (χ2n) is 7.29. The number of nitrogens with one attached hydrogen (secondary N) is 1. The zero-order valence-electron chi connectivity index (χ0n) is 16.0. The Labute approximate surface area is 164 Å². The first-order chi connectivity index (χ1) is 13.6. The molecule has 144 valence electrons. The van der Waals surface area contributed by atoms with Gasteiger partial charge in [0.15, 0.2) is 0 Å². The van der Waals surface area contributed by atoms with Gasteiger partial charge in [0.25, 0.3) is 11.5 Å². The van der Waals surface area contributed by atoms with Gasteiger partial charge in [-0.3, -0.25) is 9.59 Å². The summed E-state index contributed by atoms with van der Waals surface area (Å²) >= 11 is 0. The molecule has 0 aliphatic carbocycles. The smallest absolute Gasteiger partial charge is 0.261 e. The second-order valence-corrected chi connectivity index (χ2v) is 7.29. The number of hydrogen-bond acceptors (Lipinski definition) is 3. The number of likely N-dealkylation sites (tertiary alicyclic amines) is 1. The van der Waals surface area contributed by atoms with Crippen LogP contribution in [-0.4, -0.2) is 22.3 Å². The molecule has 0 saturated carbocycles. The summed E-state index contributed by atoms with van der Waals surface area (Å²) in [4.78, 5) is 30.6. The fourth-order valence-electron chi connectivity index (χ4n) is 3.86. The molecule has 3 aromatic rings. The molecule has 0 radical (unpaired) electrons. The summed E-state index contributed by atoms with van der Waals surface area (Å²) in [6.45, 7) is 2.53. The monoisotopic (exact) mass is 376 g/mol. The largest absolute Gasteiger partial charge is 0.464 e. The molecular weight excluding hydrogens is 352 g/mol. The van der Waals surface area contributed by atoms with Crippen molar-refractivity contribution in [3.8, 4) is 11.3 Å². The Morgan fingerprint density at radius 2 is 1.86 bits per heavy atom. The van der Waals surface area contributed by atoms with Crippen molar-refractivity contribution >= 4 is 5.91 Å². The van der Waals surface area contributed by atoms with Crippen LogP contribution in [-0.2, 0) is 0 Å². The topological polar surface area (TPSA) is 66.3 Å². The van der Waals surface area contributed by atoms with Crippen molar-refractivity contribution < 1.29 is 9.21 Å². The zero-order chi connectivity index (χ0) is 19.5. The van der Waals surface area contributed by atoms with Crippen LogP contribution >= 0.6 is 0 Å². The number of nitrogens with zero attached hydrogens (tertiary/aromatic N) is 1. The van der Waals surface area contributed by atoms with Crippen LogP contribution in [0.3, 0.4) is 0 Å². The molecule has 0 bridgehead atoms. The Morgan fingerprint density at radius 3 is 2.57 bits per heavy atom. The van der Waals surface area contributed by atoms with E-state index in [1.165, 1.54) is 0 Å². The molecule has 4 rings (SSSR count). The summed E-state index contributed by atoms with van der Waals surface area (Å²) in [5.74, 6) is 1.39. The van der Waals surface area contributed by atoms with Gasteiger partial charge in [-0.1, -0.05) is 43.2 Å². The van der Waals surface area contributed by atoms with Gasteiger partial charge in [-0.25, -0.2) is 0 Å². The minimum absolute atomic E-state index is 0.128. The van der Waals surface area contributed by atoms with Gasteiger partial charge in [0.2, 0.25) is 0 Å². The van der Waals surface area contributed by atoms with Crippen LogP contribution in [0.4, 0.5) is 0 Å². The van der Waals surface area contributed by atoms with Crippen molar-refractivity contribution in [3.05, 3.63) is 82.0 Å². The van der Waals surface area contributed by atoms with Gasteiger partial charge in [0, 0.05) is 12.2 Å². The maximum absolute atomic E-state index is 13.3. The number of aryl methyl sites for hydroxylation is 1. The number of hydrogen-bond donors (Lipinski definition) is 1. The number of amides is 1. The number of benzene rings is 1. The van der Waals surface area contributed by atoms with Crippen LogP contribution in [0.5, 0.6) is 0 Å². The van der Waals surface area contributed by atoms with Gasteiger partial charge >= 0.3 is 0 Å². The second kappa shape index (κ2) is 7.89. The maximum atomic E-state index is 13.3. The molecular formula is C23H24N2O3. The van der Waals surface area contributed by atoms with E-state index in [2.05, 4.69) is 4.98 Å². The van der Waals surface area contributed by atoms with Gasteiger partial charge in [0.05, 0.1) is 6.04 Å². The van der Waals surface area contributed by atoms with Gasteiger partial charge in [-0.05, 0) is 49.6 Å². The molecule has 0 spiro atoms. The fraction of sp³-hybridized carbons (Fsp3) is 0.304. The number of carbonyl (C=O) groups is 1. The summed E-state index contributed by atoms with van der Waals surface area (Å²) in [6, 6.07) is 16.8. The predicted octanol–water partition coefficient (Wildman–Crippen LogP) is 4.70. The zero-order valence-corrected chi connectivity index (χ0v) is 16.0. The summed E-state index contributed by atoms with van der Waals surface area (Å²) in [6.07, 6.45) is 3.89. The Morgan fingerprint density at radius 1 is 1.04 bits per heavy atom. The molecule has 1 aliphatic rings. The third kappa shape index (κ3) is 3.65. The molecule has 1 aliphatic heterocycles. The highest BCUT2D eigenvalue weighted by molar-refractivity contribution is 5.94. The maximum Gasteiger partial charge on any atom is 0.261 e. The van der Waals surface area contributed by atoms with E-state index in [9.17, 15) is 9.59 Å². The average Bonchev–Trinajstić information content (AvgIpc) is 3.00.